The fourth-order valence-electron chi connectivity index (χ4n) is 2.01. The van der Waals surface area contributed by atoms with Crippen LogP contribution in [-0.2, 0) is 4.79 Å². The van der Waals surface area contributed by atoms with Crippen molar-refractivity contribution in [3.63, 3.8) is 0 Å². The highest BCUT2D eigenvalue weighted by molar-refractivity contribution is 5.73. The largest absolute Gasteiger partial charge is 0.480 e. The highest BCUT2D eigenvalue weighted by Gasteiger charge is 2.23. The molecule has 1 heterocycles. The summed E-state index contributed by atoms with van der Waals surface area (Å²) in [6.45, 7) is 8.99. The standard InChI is InChI=1S/C11H23N3O2/c1-9(2)14-6-4-13(5-7-14)8-10(12-3)11(15)16/h9-10,12H,4-8H2,1-3H3,(H,15,16). The second kappa shape index (κ2) is 6.18. The van der Waals surface area contributed by atoms with Crippen LogP contribution in [0, 0.1) is 0 Å². The molecule has 1 aliphatic rings. The van der Waals surface area contributed by atoms with Crippen molar-refractivity contribution in [2.45, 2.75) is 25.9 Å². The third-order valence-electron chi connectivity index (χ3n) is 3.22. The van der Waals surface area contributed by atoms with Gasteiger partial charge in [-0.25, -0.2) is 0 Å². The second-order valence-corrected chi connectivity index (χ2v) is 4.61. The van der Waals surface area contributed by atoms with Crippen LogP contribution in [0.2, 0.25) is 0 Å². The van der Waals surface area contributed by atoms with Crippen LogP contribution in [0.4, 0.5) is 0 Å². The lowest BCUT2D eigenvalue weighted by molar-refractivity contribution is -0.140. The van der Waals surface area contributed by atoms with Gasteiger partial charge in [-0.3, -0.25) is 14.6 Å². The number of nitrogens with zero attached hydrogens (tertiary/aromatic N) is 2. The van der Waals surface area contributed by atoms with E-state index in [1.807, 2.05) is 0 Å². The van der Waals surface area contributed by atoms with Gasteiger partial charge in [0.05, 0.1) is 0 Å². The lowest BCUT2D eigenvalue weighted by Gasteiger charge is -2.37. The van der Waals surface area contributed by atoms with Gasteiger partial charge in [0.25, 0.3) is 0 Å². The van der Waals surface area contributed by atoms with Crippen LogP contribution in [-0.4, -0.2) is 72.7 Å². The average Bonchev–Trinajstić information content (AvgIpc) is 2.26. The molecule has 94 valence electrons. The number of hydrogen-bond acceptors (Lipinski definition) is 4. The Hall–Kier alpha value is -0.650. The second-order valence-electron chi connectivity index (χ2n) is 4.61. The Labute approximate surface area is 97.4 Å². The zero-order valence-electron chi connectivity index (χ0n) is 10.4. The Kier molecular flexibility index (Phi) is 5.18. The normalized spacial score (nSPS) is 21.2. The molecule has 0 spiro atoms. The lowest BCUT2D eigenvalue weighted by atomic mass is 10.2. The quantitative estimate of drug-likeness (QED) is 0.677. The number of piperazine rings is 1. The van der Waals surface area contributed by atoms with E-state index >= 15 is 0 Å². The molecular weight excluding hydrogens is 206 g/mol. The Morgan fingerprint density at radius 2 is 1.88 bits per heavy atom. The molecule has 5 heteroatoms. The minimum Gasteiger partial charge on any atom is -0.480 e. The summed E-state index contributed by atoms with van der Waals surface area (Å²) in [6.07, 6.45) is 0. The number of nitrogens with one attached hydrogen (secondary N) is 1. The van der Waals surface area contributed by atoms with E-state index < -0.39 is 12.0 Å². The molecule has 0 radical (unpaired) electrons. The first-order chi connectivity index (χ1) is 7.54. The van der Waals surface area contributed by atoms with Crippen molar-refractivity contribution in [3.8, 4) is 0 Å². The Balaban J connectivity index is 2.34. The summed E-state index contributed by atoms with van der Waals surface area (Å²) in [5, 5.41) is 11.8. The molecule has 0 amide bonds. The number of aliphatic carboxylic acids is 1. The van der Waals surface area contributed by atoms with Gasteiger partial charge >= 0.3 is 5.97 Å². The summed E-state index contributed by atoms with van der Waals surface area (Å²) in [5.41, 5.74) is 0. The monoisotopic (exact) mass is 229 g/mol. The van der Waals surface area contributed by atoms with Crippen molar-refractivity contribution in [1.29, 1.82) is 0 Å². The summed E-state index contributed by atoms with van der Waals surface area (Å²) in [7, 11) is 1.70. The van der Waals surface area contributed by atoms with Crippen LogP contribution in [0.25, 0.3) is 0 Å². The van der Waals surface area contributed by atoms with Gasteiger partial charge in [0.2, 0.25) is 0 Å². The molecule has 1 aliphatic heterocycles. The molecule has 0 aliphatic carbocycles. The van der Waals surface area contributed by atoms with Gasteiger partial charge in [0, 0.05) is 38.8 Å². The Bertz CT molecular complexity index is 225. The van der Waals surface area contributed by atoms with Gasteiger partial charge in [0.1, 0.15) is 6.04 Å². The van der Waals surface area contributed by atoms with Crippen LogP contribution in [0.3, 0.4) is 0 Å². The molecule has 1 saturated heterocycles. The van der Waals surface area contributed by atoms with E-state index in [9.17, 15) is 4.79 Å². The number of likely N-dealkylation sites (N-methyl/N-ethyl adjacent to an activating group) is 1. The number of carboxylic acid groups (broad SMARTS) is 1. The summed E-state index contributed by atoms with van der Waals surface area (Å²) in [5.74, 6) is -0.770. The summed E-state index contributed by atoms with van der Waals surface area (Å²) < 4.78 is 0. The highest BCUT2D eigenvalue weighted by Crippen LogP contribution is 2.06. The fourth-order valence-corrected chi connectivity index (χ4v) is 2.01. The zero-order valence-corrected chi connectivity index (χ0v) is 10.4. The lowest BCUT2D eigenvalue weighted by Crippen LogP contribution is -2.53. The summed E-state index contributed by atoms with van der Waals surface area (Å²) in [6, 6.07) is 0.132. The molecule has 1 fully saturated rings. The van der Waals surface area contributed by atoms with Crippen LogP contribution < -0.4 is 5.32 Å². The van der Waals surface area contributed by atoms with Gasteiger partial charge in [-0.05, 0) is 20.9 Å². The van der Waals surface area contributed by atoms with Crippen LogP contribution >= 0.6 is 0 Å². The van der Waals surface area contributed by atoms with Crippen molar-refractivity contribution >= 4 is 5.97 Å². The van der Waals surface area contributed by atoms with Crippen LogP contribution in [0.5, 0.6) is 0 Å². The zero-order chi connectivity index (χ0) is 12.1. The predicted molar refractivity (Wildman–Crippen MR) is 63.6 cm³/mol. The van der Waals surface area contributed by atoms with Crippen molar-refractivity contribution in [3.05, 3.63) is 0 Å². The number of rotatable bonds is 5. The highest BCUT2D eigenvalue weighted by atomic mass is 16.4. The van der Waals surface area contributed by atoms with E-state index in [2.05, 4.69) is 29.0 Å². The first kappa shape index (κ1) is 13.4. The third kappa shape index (κ3) is 3.73. The molecule has 1 unspecified atom stereocenters. The Morgan fingerprint density at radius 3 is 2.25 bits per heavy atom. The first-order valence-corrected chi connectivity index (χ1v) is 5.91. The van der Waals surface area contributed by atoms with Gasteiger partial charge in [-0.15, -0.1) is 0 Å². The van der Waals surface area contributed by atoms with Crippen LogP contribution in [0.15, 0.2) is 0 Å². The molecule has 16 heavy (non-hydrogen) atoms. The van der Waals surface area contributed by atoms with E-state index in [0.29, 0.717) is 12.6 Å². The van der Waals surface area contributed by atoms with E-state index in [4.69, 9.17) is 5.11 Å². The van der Waals surface area contributed by atoms with Gasteiger partial charge in [0.15, 0.2) is 0 Å². The number of carbonyl (C=O) groups is 1. The van der Waals surface area contributed by atoms with Gasteiger partial charge in [-0.2, -0.15) is 0 Å². The predicted octanol–water partition coefficient (Wildman–Crippen LogP) is -0.315. The maximum absolute atomic E-state index is 10.9. The van der Waals surface area contributed by atoms with E-state index in [-0.39, 0.29) is 0 Å². The van der Waals surface area contributed by atoms with Crippen molar-refractivity contribution in [2.75, 3.05) is 39.8 Å². The minimum absolute atomic E-state index is 0.453. The summed E-state index contributed by atoms with van der Waals surface area (Å²) >= 11 is 0. The molecule has 1 rings (SSSR count). The molecule has 5 nitrogen and oxygen atoms in total. The van der Waals surface area contributed by atoms with Gasteiger partial charge < -0.3 is 10.4 Å². The minimum atomic E-state index is -0.770. The molecule has 0 aromatic carbocycles. The van der Waals surface area contributed by atoms with Crippen molar-refractivity contribution in [2.24, 2.45) is 0 Å². The molecule has 0 aromatic heterocycles. The van der Waals surface area contributed by atoms with Crippen molar-refractivity contribution < 1.29 is 9.90 Å². The Morgan fingerprint density at radius 1 is 1.31 bits per heavy atom. The SMILES string of the molecule is CNC(CN1CCN(C(C)C)CC1)C(=O)O. The molecule has 0 aromatic rings. The number of hydrogen-bond donors (Lipinski definition) is 2. The molecule has 1 atom stereocenters. The maximum Gasteiger partial charge on any atom is 0.322 e. The molecule has 2 N–H and O–H groups in total. The topological polar surface area (TPSA) is 55.8 Å². The van der Waals surface area contributed by atoms with E-state index in [0.717, 1.165) is 26.2 Å². The molecule has 0 bridgehead atoms. The third-order valence-corrected chi connectivity index (χ3v) is 3.22. The average molecular weight is 229 g/mol. The van der Waals surface area contributed by atoms with Gasteiger partial charge in [-0.1, -0.05) is 0 Å². The maximum atomic E-state index is 10.9. The molecular formula is C11H23N3O2. The van der Waals surface area contributed by atoms with Crippen molar-refractivity contribution in [1.82, 2.24) is 15.1 Å². The smallest absolute Gasteiger partial charge is 0.322 e. The first-order valence-electron chi connectivity index (χ1n) is 5.91. The van der Waals surface area contributed by atoms with E-state index in [1.165, 1.54) is 0 Å². The molecule has 0 saturated carbocycles. The van der Waals surface area contributed by atoms with Crippen LogP contribution in [0.1, 0.15) is 13.8 Å². The summed E-state index contributed by atoms with van der Waals surface area (Å²) in [4.78, 5) is 15.5. The van der Waals surface area contributed by atoms with E-state index in [1.54, 1.807) is 7.05 Å². The number of carboxylic acids is 1. The fraction of sp³-hybridized carbons (Fsp3) is 0.909.